The van der Waals surface area contributed by atoms with Crippen LogP contribution >= 0.6 is 0 Å². The number of likely N-dealkylation sites (tertiary alicyclic amines) is 1. The lowest BCUT2D eigenvalue weighted by atomic mass is 9.93. The molecule has 24 heavy (non-hydrogen) atoms. The molecule has 3 rings (SSSR count). The van der Waals surface area contributed by atoms with Gasteiger partial charge in [-0.1, -0.05) is 0 Å². The Labute approximate surface area is 144 Å². The van der Waals surface area contributed by atoms with Crippen LogP contribution in [0.4, 0.5) is 0 Å². The number of carbonyl (C=O) groups excluding carboxylic acids is 1. The molecule has 2 fully saturated rings. The van der Waals surface area contributed by atoms with Crippen LogP contribution in [0.15, 0.2) is 12.3 Å². The highest BCUT2D eigenvalue weighted by Crippen LogP contribution is 2.22. The predicted octanol–water partition coefficient (Wildman–Crippen LogP) is 1.69. The minimum atomic E-state index is 0.216. The van der Waals surface area contributed by atoms with E-state index in [1.54, 1.807) is 6.20 Å². The highest BCUT2D eigenvalue weighted by molar-refractivity contribution is 5.78. The molecule has 2 aliphatic heterocycles. The summed E-state index contributed by atoms with van der Waals surface area (Å²) in [7, 11) is 0. The molecular formula is C18H30N4O2. The molecule has 2 atom stereocenters. The number of morpholine rings is 1. The van der Waals surface area contributed by atoms with Gasteiger partial charge in [0.1, 0.15) is 0 Å². The SMILES string of the molecule is C[C@@H]1CN(CCC2CCN(C(=O)Cc3ccn[nH]3)CC2)C[C@@H](C)O1. The second kappa shape index (κ2) is 8.12. The van der Waals surface area contributed by atoms with E-state index < -0.39 is 0 Å². The number of ether oxygens (including phenoxy) is 1. The molecule has 1 N–H and O–H groups in total. The van der Waals surface area contributed by atoms with E-state index in [2.05, 4.69) is 28.9 Å². The number of rotatable bonds is 5. The Morgan fingerprint density at radius 3 is 2.62 bits per heavy atom. The number of piperidine rings is 1. The number of carbonyl (C=O) groups is 1. The summed E-state index contributed by atoms with van der Waals surface area (Å²) >= 11 is 0. The number of nitrogens with one attached hydrogen (secondary N) is 1. The first kappa shape index (κ1) is 17.4. The smallest absolute Gasteiger partial charge is 0.228 e. The first-order valence-electron chi connectivity index (χ1n) is 9.24. The van der Waals surface area contributed by atoms with Crippen molar-refractivity contribution in [1.82, 2.24) is 20.0 Å². The fourth-order valence-electron chi connectivity index (χ4n) is 3.96. The van der Waals surface area contributed by atoms with Crippen LogP contribution in [-0.2, 0) is 16.0 Å². The van der Waals surface area contributed by atoms with Crippen molar-refractivity contribution in [3.8, 4) is 0 Å². The molecule has 0 aromatic carbocycles. The molecule has 3 heterocycles. The Balaban J connectivity index is 1.37. The van der Waals surface area contributed by atoms with Crippen LogP contribution in [0.25, 0.3) is 0 Å². The number of nitrogens with zero attached hydrogens (tertiary/aromatic N) is 3. The number of aromatic nitrogens is 2. The van der Waals surface area contributed by atoms with Crippen LogP contribution in [0.2, 0.25) is 0 Å². The van der Waals surface area contributed by atoms with E-state index >= 15 is 0 Å². The van der Waals surface area contributed by atoms with Gasteiger partial charge in [-0.2, -0.15) is 5.10 Å². The van der Waals surface area contributed by atoms with E-state index in [1.807, 2.05) is 11.0 Å². The summed E-state index contributed by atoms with van der Waals surface area (Å²) in [5, 5.41) is 6.77. The van der Waals surface area contributed by atoms with Gasteiger partial charge in [0, 0.05) is 38.1 Å². The largest absolute Gasteiger partial charge is 0.373 e. The molecule has 0 aliphatic carbocycles. The summed E-state index contributed by atoms with van der Waals surface area (Å²) in [6.45, 7) is 9.36. The molecule has 134 valence electrons. The Bertz CT molecular complexity index is 501. The third-order valence-corrected chi connectivity index (χ3v) is 5.22. The molecule has 0 spiro atoms. The second-order valence-corrected chi connectivity index (χ2v) is 7.39. The van der Waals surface area contributed by atoms with Crippen molar-refractivity contribution in [3.63, 3.8) is 0 Å². The minimum Gasteiger partial charge on any atom is -0.373 e. The van der Waals surface area contributed by atoms with Crippen molar-refractivity contribution >= 4 is 5.91 Å². The monoisotopic (exact) mass is 334 g/mol. The molecule has 1 aromatic rings. The van der Waals surface area contributed by atoms with Crippen molar-refractivity contribution in [1.29, 1.82) is 0 Å². The average Bonchev–Trinajstić information content (AvgIpc) is 3.05. The standard InChI is InChI=1S/C18H30N4O2/c1-14-12-21(13-15(2)24-14)8-4-16-5-9-22(10-6-16)18(23)11-17-3-7-19-20-17/h3,7,14-16H,4-6,8-13H2,1-2H3,(H,19,20)/t14-,15-/m1/s1. The number of hydrogen-bond acceptors (Lipinski definition) is 4. The van der Waals surface area contributed by atoms with Crippen LogP contribution < -0.4 is 0 Å². The summed E-state index contributed by atoms with van der Waals surface area (Å²) in [5.41, 5.74) is 0.901. The lowest BCUT2D eigenvalue weighted by Gasteiger charge is -2.37. The van der Waals surface area contributed by atoms with Gasteiger partial charge in [-0.25, -0.2) is 0 Å². The maximum atomic E-state index is 12.3. The lowest BCUT2D eigenvalue weighted by molar-refractivity contribution is -0.132. The van der Waals surface area contributed by atoms with Crippen molar-refractivity contribution in [3.05, 3.63) is 18.0 Å². The number of H-pyrrole nitrogens is 1. The summed E-state index contributed by atoms with van der Waals surface area (Å²) in [6, 6.07) is 1.87. The molecule has 0 unspecified atom stereocenters. The third-order valence-electron chi connectivity index (χ3n) is 5.22. The van der Waals surface area contributed by atoms with Crippen molar-refractivity contribution in [2.45, 2.75) is 51.7 Å². The van der Waals surface area contributed by atoms with Gasteiger partial charge in [0.05, 0.1) is 18.6 Å². The first-order chi connectivity index (χ1) is 11.6. The lowest BCUT2D eigenvalue weighted by Crippen LogP contribution is -2.46. The maximum Gasteiger partial charge on any atom is 0.228 e. The van der Waals surface area contributed by atoms with E-state index in [0.29, 0.717) is 18.6 Å². The third kappa shape index (κ3) is 4.80. The Morgan fingerprint density at radius 2 is 2.00 bits per heavy atom. The zero-order chi connectivity index (χ0) is 16.9. The number of aromatic amines is 1. The average molecular weight is 334 g/mol. The van der Waals surface area contributed by atoms with Gasteiger partial charge in [0.25, 0.3) is 0 Å². The van der Waals surface area contributed by atoms with Crippen molar-refractivity contribution < 1.29 is 9.53 Å². The zero-order valence-electron chi connectivity index (χ0n) is 14.9. The van der Waals surface area contributed by atoms with Gasteiger partial charge in [0.15, 0.2) is 0 Å². The van der Waals surface area contributed by atoms with E-state index in [4.69, 9.17) is 4.74 Å². The molecule has 6 heteroatoms. The molecule has 2 saturated heterocycles. The molecule has 1 aromatic heterocycles. The van der Waals surface area contributed by atoms with Crippen LogP contribution in [-0.4, -0.2) is 70.8 Å². The summed E-state index contributed by atoms with van der Waals surface area (Å²) in [5.74, 6) is 0.961. The van der Waals surface area contributed by atoms with Crippen LogP contribution in [0, 0.1) is 5.92 Å². The molecule has 1 amide bonds. The normalized spacial score (nSPS) is 26.7. The van der Waals surface area contributed by atoms with Gasteiger partial charge < -0.3 is 9.64 Å². The summed E-state index contributed by atoms with van der Waals surface area (Å²) in [6.07, 6.45) is 6.32. The highest BCUT2D eigenvalue weighted by atomic mass is 16.5. The zero-order valence-corrected chi connectivity index (χ0v) is 14.9. The molecule has 0 bridgehead atoms. The minimum absolute atomic E-state index is 0.216. The van der Waals surface area contributed by atoms with Crippen LogP contribution in [0.3, 0.4) is 0 Å². The van der Waals surface area contributed by atoms with E-state index in [9.17, 15) is 4.79 Å². The second-order valence-electron chi connectivity index (χ2n) is 7.39. The van der Waals surface area contributed by atoms with E-state index in [1.165, 1.54) is 6.42 Å². The topological polar surface area (TPSA) is 61.5 Å². The van der Waals surface area contributed by atoms with Gasteiger partial charge in [-0.05, 0) is 51.6 Å². The fourth-order valence-corrected chi connectivity index (χ4v) is 3.96. The Hall–Kier alpha value is -1.40. The Kier molecular flexibility index (Phi) is 5.89. The summed E-state index contributed by atoms with van der Waals surface area (Å²) in [4.78, 5) is 16.9. The van der Waals surface area contributed by atoms with Gasteiger partial charge in [-0.3, -0.25) is 14.8 Å². The highest BCUT2D eigenvalue weighted by Gasteiger charge is 2.25. The van der Waals surface area contributed by atoms with Crippen LogP contribution in [0.5, 0.6) is 0 Å². The van der Waals surface area contributed by atoms with Crippen molar-refractivity contribution in [2.24, 2.45) is 5.92 Å². The van der Waals surface area contributed by atoms with Crippen molar-refractivity contribution in [2.75, 3.05) is 32.7 Å². The van der Waals surface area contributed by atoms with Crippen LogP contribution in [0.1, 0.15) is 38.8 Å². The maximum absolute atomic E-state index is 12.3. The van der Waals surface area contributed by atoms with Gasteiger partial charge >= 0.3 is 0 Å². The summed E-state index contributed by atoms with van der Waals surface area (Å²) < 4.78 is 5.80. The molecule has 6 nitrogen and oxygen atoms in total. The fraction of sp³-hybridized carbons (Fsp3) is 0.778. The van der Waals surface area contributed by atoms with Gasteiger partial charge in [0.2, 0.25) is 5.91 Å². The van der Waals surface area contributed by atoms with Gasteiger partial charge in [-0.15, -0.1) is 0 Å². The van der Waals surface area contributed by atoms with E-state index in [-0.39, 0.29) is 5.91 Å². The molecule has 2 aliphatic rings. The molecule has 0 radical (unpaired) electrons. The van der Waals surface area contributed by atoms with E-state index in [0.717, 1.165) is 57.2 Å². The number of hydrogen-bond donors (Lipinski definition) is 1. The molecular weight excluding hydrogens is 304 g/mol. The Morgan fingerprint density at radius 1 is 1.29 bits per heavy atom. The first-order valence-corrected chi connectivity index (χ1v) is 9.24. The quantitative estimate of drug-likeness (QED) is 0.890. The predicted molar refractivity (Wildman–Crippen MR) is 92.7 cm³/mol. The molecule has 0 saturated carbocycles. The number of amides is 1.